The fraction of sp³-hybridized carbons (Fsp3) is 0.421. The molecule has 0 bridgehead atoms. The van der Waals surface area contributed by atoms with Gasteiger partial charge < -0.3 is 24.8 Å². The molecule has 1 aliphatic rings. The third-order valence-electron chi connectivity index (χ3n) is 4.53. The minimum atomic E-state index is -0.501. The summed E-state index contributed by atoms with van der Waals surface area (Å²) in [5, 5.41) is 5.76. The highest BCUT2D eigenvalue weighted by Crippen LogP contribution is 2.34. The quantitative estimate of drug-likeness (QED) is 0.787. The summed E-state index contributed by atoms with van der Waals surface area (Å²) in [6.45, 7) is 0. The van der Waals surface area contributed by atoms with Gasteiger partial charge in [0.15, 0.2) is 17.3 Å². The number of aromatic nitrogens is 2. The highest BCUT2D eigenvalue weighted by atomic mass is 19.1. The molecule has 2 amide bonds. The van der Waals surface area contributed by atoms with E-state index in [1.165, 1.54) is 7.11 Å². The van der Waals surface area contributed by atoms with E-state index in [0.29, 0.717) is 17.2 Å². The van der Waals surface area contributed by atoms with Crippen LogP contribution >= 0.6 is 0 Å². The Morgan fingerprint density at radius 2 is 1.82 bits per heavy atom. The minimum absolute atomic E-state index is 0.0330. The molecule has 1 aliphatic carbocycles. The van der Waals surface area contributed by atoms with Gasteiger partial charge in [-0.2, -0.15) is 0 Å². The van der Waals surface area contributed by atoms with Crippen LogP contribution in [0.15, 0.2) is 30.6 Å². The number of carbonyl (C=O) groups excluding carboxylic acids is 1. The van der Waals surface area contributed by atoms with Crippen LogP contribution in [0.3, 0.4) is 0 Å². The molecule has 9 heteroatoms. The Kier molecular flexibility index (Phi) is 6.46. The first-order valence-electron chi connectivity index (χ1n) is 9.01. The lowest BCUT2D eigenvalue weighted by molar-refractivity contribution is 0.129. The van der Waals surface area contributed by atoms with Crippen molar-refractivity contribution in [3.05, 3.63) is 36.4 Å². The molecular weight excluding hydrogens is 367 g/mol. The van der Waals surface area contributed by atoms with Gasteiger partial charge in [-0.3, -0.25) is 0 Å². The first kappa shape index (κ1) is 19.7. The number of ether oxygens (including phenoxy) is 3. The summed E-state index contributed by atoms with van der Waals surface area (Å²) >= 11 is 0. The molecule has 0 spiro atoms. The Bertz CT molecular complexity index is 795. The van der Waals surface area contributed by atoms with Crippen LogP contribution in [0.1, 0.15) is 25.7 Å². The Balaban J connectivity index is 1.48. The van der Waals surface area contributed by atoms with E-state index in [9.17, 15) is 9.18 Å². The highest BCUT2D eigenvalue weighted by molar-refractivity contribution is 5.91. The molecule has 1 fully saturated rings. The van der Waals surface area contributed by atoms with Crippen LogP contribution < -0.4 is 24.8 Å². The number of halogens is 1. The fourth-order valence-corrected chi connectivity index (χ4v) is 3.16. The van der Waals surface area contributed by atoms with Crippen LogP contribution in [-0.2, 0) is 0 Å². The number of anilines is 1. The van der Waals surface area contributed by atoms with E-state index in [1.54, 1.807) is 25.3 Å². The summed E-state index contributed by atoms with van der Waals surface area (Å²) in [6.07, 6.45) is 5.11. The molecule has 1 aromatic heterocycles. The number of hydrogen-bond acceptors (Lipinski definition) is 6. The van der Waals surface area contributed by atoms with Crippen molar-refractivity contribution in [2.75, 3.05) is 19.5 Å². The van der Waals surface area contributed by atoms with Crippen molar-refractivity contribution in [3.8, 4) is 17.5 Å². The standard InChI is InChI=1S/C19H23FN4O4/c1-26-16-5-3-4-15(17(16)27-2)24-18(25)23-13-6-8-14(9-7-13)28-19-21-10-12(20)11-22-19/h3-5,10-11,13-14H,6-9H2,1-2H3,(H2,23,24,25). The van der Waals surface area contributed by atoms with E-state index in [4.69, 9.17) is 14.2 Å². The van der Waals surface area contributed by atoms with E-state index in [2.05, 4.69) is 20.6 Å². The van der Waals surface area contributed by atoms with Gasteiger partial charge in [-0.15, -0.1) is 0 Å². The first-order valence-corrected chi connectivity index (χ1v) is 9.01. The normalized spacial score (nSPS) is 18.8. The number of rotatable bonds is 6. The second-order valence-corrected chi connectivity index (χ2v) is 6.41. The SMILES string of the molecule is COc1cccc(NC(=O)NC2CCC(Oc3ncc(F)cn3)CC2)c1OC. The average Bonchev–Trinajstić information content (AvgIpc) is 2.71. The van der Waals surface area contributed by atoms with Crippen LogP contribution in [0, 0.1) is 5.82 Å². The maximum atomic E-state index is 12.8. The Labute approximate surface area is 162 Å². The third kappa shape index (κ3) is 4.99. The van der Waals surface area contributed by atoms with Crippen LogP contribution in [0.25, 0.3) is 0 Å². The van der Waals surface area contributed by atoms with Gasteiger partial charge in [0.2, 0.25) is 0 Å². The van der Waals surface area contributed by atoms with Gasteiger partial charge >= 0.3 is 12.0 Å². The van der Waals surface area contributed by atoms with E-state index >= 15 is 0 Å². The molecule has 2 N–H and O–H groups in total. The Hall–Kier alpha value is -3.10. The van der Waals surface area contributed by atoms with E-state index in [-0.39, 0.29) is 24.2 Å². The summed E-state index contributed by atoms with van der Waals surface area (Å²) in [4.78, 5) is 20.0. The van der Waals surface area contributed by atoms with Gasteiger partial charge in [-0.05, 0) is 37.8 Å². The number of carbonyl (C=O) groups is 1. The summed E-state index contributed by atoms with van der Waals surface area (Å²) < 4.78 is 29.1. The molecule has 150 valence electrons. The van der Waals surface area contributed by atoms with Crippen LogP contribution in [0.2, 0.25) is 0 Å². The zero-order valence-electron chi connectivity index (χ0n) is 15.8. The summed E-state index contributed by atoms with van der Waals surface area (Å²) in [5.74, 6) is 0.511. The zero-order valence-corrected chi connectivity index (χ0v) is 15.8. The molecule has 8 nitrogen and oxygen atoms in total. The average molecular weight is 390 g/mol. The van der Waals surface area contributed by atoms with Crippen molar-refractivity contribution < 1.29 is 23.4 Å². The second-order valence-electron chi connectivity index (χ2n) is 6.41. The van der Waals surface area contributed by atoms with Crippen molar-refractivity contribution in [1.82, 2.24) is 15.3 Å². The lowest BCUT2D eigenvalue weighted by Crippen LogP contribution is -2.41. The largest absolute Gasteiger partial charge is 0.493 e. The van der Waals surface area contributed by atoms with Gasteiger partial charge in [0, 0.05) is 6.04 Å². The fourth-order valence-electron chi connectivity index (χ4n) is 3.16. The molecule has 0 aliphatic heterocycles. The number of methoxy groups -OCH3 is 2. The molecule has 0 saturated heterocycles. The molecule has 0 unspecified atom stereocenters. The van der Waals surface area contributed by atoms with E-state index in [1.807, 2.05) is 0 Å². The second kappa shape index (κ2) is 9.20. The molecule has 2 aromatic rings. The number of nitrogens with zero attached hydrogens (tertiary/aromatic N) is 2. The van der Waals surface area contributed by atoms with E-state index in [0.717, 1.165) is 38.1 Å². The van der Waals surface area contributed by atoms with Gasteiger partial charge in [-0.1, -0.05) is 6.07 Å². The first-order chi connectivity index (χ1) is 13.6. The topological polar surface area (TPSA) is 94.6 Å². The van der Waals surface area contributed by atoms with Crippen LogP contribution in [0.4, 0.5) is 14.9 Å². The number of urea groups is 1. The highest BCUT2D eigenvalue weighted by Gasteiger charge is 2.24. The Morgan fingerprint density at radius 1 is 1.11 bits per heavy atom. The van der Waals surface area contributed by atoms with Gasteiger partial charge in [-0.25, -0.2) is 19.2 Å². The molecule has 0 atom stereocenters. The van der Waals surface area contributed by atoms with Gasteiger partial charge in [0.25, 0.3) is 0 Å². The molecule has 1 saturated carbocycles. The lowest BCUT2D eigenvalue weighted by atomic mass is 9.93. The Morgan fingerprint density at radius 3 is 2.46 bits per heavy atom. The smallest absolute Gasteiger partial charge is 0.319 e. The maximum Gasteiger partial charge on any atom is 0.319 e. The number of benzene rings is 1. The van der Waals surface area contributed by atoms with Crippen molar-refractivity contribution >= 4 is 11.7 Å². The van der Waals surface area contributed by atoms with Crippen LogP contribution in [-0.4, -0.2) is 42.4 Å². The monoisotopic (exact) mass is 390 g/mol. The third-order valence-corrected chi connectivity index (χ3v) is 4.53. The van der Waals surface area contributed by atoms with Crippen molar-refractivity contribution in [3.63, 3.8) is 0 Å². The molecule has 1 aromatic carbocycles. The van der Waals surface area contributed by atoms with Crippen molar-refractivity contribution in [2.45, 2.75) is 37.8 Å². The van der Waals surface area contributed by atoms with Gasteiger partial charge in [0.1, 0.15) is 6.10 Å². The maximum absolute atomic E-state index is 12.8. The lowest BCUT2D eigenvalue weighted by Gasteiger charge is -2.29. The van der Waals surface area contributed by atoms with E-state index < -0.39 is 5.82 Å². The van der Waals surface area contributed by atoms with Gasteiger partial charge in [0.05, 0.1) is 32.3 Å². The zero-order chi connectivity index (χ0) is 19.9. The minimum Gasteiger partial charge on any atom is -0.493 e. The van der Waals surface area contributed by atoms with Crippen molar-refractivity contribution in [1.29, 1.82) is 0 Å². The molecular formula is C19H23FN4O4. The number of amides is 2. The molecule has 28 heavy (non-hydrogen) atoms. The summed E-state index contributed by atoms with van der Waals surface area (Å²) in [6, 6.07) is 5.17. The molecule has 1 heterocycles. The number of nitrogens with one attached hydrogen (secondary N) is 2. The predicted octanol–water partition coefficient (Wildman–Crippen LogP) is 3.14. The molecule has 0 radical (unpaired) electrons. The number of hydrogen-bond donors (Lipinski definition) is 2. The number of para-hydroxylation sites is 1. The van der Waals surface area contributed by atoms with Crippen molar-refractivity contribution in [2.24, 2.45) is 0 Å². The molecule has 3 rings (SSSR count). The predicted molar refractivity (Wildman–Crippen MR) is 100 cm³/mol. The van der Waals surface area contributed by atoms with Crippen LogP contribution in [0.5, 0.6) is 17.5 Å². The summed E-state index contributed by atoms with van der Waals surface area (Å²) in [5.41, 5.74) is 0.532. The summed E-state index contributed by atoms with van der Waals surface area (Å²) in [7, 11) is 3.06.